The van der Waals surface area contributed by atoms with Gasteiger partial charge in [-0.25, -0.2) is 0 Å². The third kappa shape index (κ3) is 25.5. The first-order valence-corrected chi connectivity index (χ1v) is 13.4. The molecule has 0 atom stereocenters. The summed E-state index contributed by atoms with van der Waals surface area (Å²) in [6.45, 7) is 2.73. The van der Waals surface area contributed by atoms with Gasteiger partial charge in [0.15, 0.2) is 0 Å². The van der Waals surface area contributed by atoms with Gasteiger partial charge in [0, 0.05) is 12.2 Å². The highest BCUT2D eigenvalue weighted by Crippen LogP contribution is 2.13. The summed E-state index contributed by atoms with van der Waals surface area (Å²) < 4.78 is 5.01. The van der Waals surface area contributed by atoms with E-state index < -0.39 is 0 Å². The molecule has 0 aromatic heterocycles. The number of ether oxygens (including phenoxy) is 1. The quantitative estimate of drug-likeness (QED) is 0.0764. The molecule has 0 unspecified atom stereocenters. The Morgan fingerprint density at radius 3 is 1.52 bits per heavy atom. The lowest BCUT2D eigenvalue weighted by molar-refractivity contribution is -0.143. The Kier molecular flexibility index (Phi) is 25.2. The molecule has 0 bridgehead atoms. The molecule has 3 heteroatoms. The van der Waals surface area contributed by atoms with E-state index in [1.165, 1.54) is 109 Å². The molecular formula is C26H50O2S. The summed E-state index contributed by atoms with van der Waals surface area (Å²) in [5.41, 5.74) is 0. The van der Waals surface area contributed by atoms with Crippen LogP contribution in [0.4, 0.5) is 0 Å². The van der Waals surface area contributed by atoms with Crippen molar-refractivity contribution in [3.63, 3.8) is 0 Å². The van der Waals surface area contributed by atoms with E-state index in [-0.39, 0.29) is 5.97 Å². The maximum atomic E-state index is 11.3. The minimum Gasteiger partial charge on any atom is -0.465 e. The molecule has 0 aromatic rings. The van der Waals surface area contributed by atoms with Crippen molar-refractivity contribution in [3.8, 4) is 0 Å². The van der Waals surface area contributed by atoms with E-state index in [4.69, 9.17) is 4.74 Å². The molecule has 0 aromatic carbocycles. The maximum absolute atomic E-state index is 11.3. The molecule has 0 saturated heterocycles. The first-order chi connectivity index (χ1) is 14.3. The molecule has 0 radical (unpaired) electrons. The highest BCUT2D eigenvalue weighted by atomic mass is 32.1. The molecule has 0 aliphatic carbocycles. The molecule has 2 nitrogen and oxygen atoms in total. The van der Waals surface area contributed by atoms with Crippen molar-refractivity contribution in [2.45, 2.75) is 135 Å². The predicted octanol–water partition coefficient (Wildman–Crippen LogP) is 8.84. The van der Waals surface area contributed by atoms with Crippen molar-refractivity contribution >= 4 is 18.6 Å². The Balaban J connectivity index is 3.12. The normalized spacial score (nSPS) is 11.4. The fourth-order valence-electron chi connectivity index (χ4n) is 3.63. The number of carbonyl (C=O) groups is 1. The molecule has 0 heterocycles. The van der Waals surface area contributed by atoms with Gasteiger partial charge in [0.25, 0.3) is 0 Å². The summed E-state index contributed by atoms with van der Waals surface area (Å²) >= 11 is 4.03. The average molecular weight is 427 g/mol. The number of carbonyl (C=O) groups excluding carboxylic acids is 1. The second-order valence-corrected chi connectivity index (χ2v) is 8.85. The van der Waals surface area contributed by atoms with Crippen LogP contribution in [0.25, 0.3) is 0 Å². The lowest BCUT2D eigenvalue weighted by atomic mass is 10.1. The van der Waals surface area contributed by atoms with Crippen molar-refractivity contribution in [1.82, 2.24) is 0 Å². The highest BCUT2D eigenvalue weighted by Gasteiger charge is 2.01. The van der Waals surface area contributed by atoms with Crippen LogP contribution in [0.15, 0.2) is 12.2 Å². The summed E-state index contributed by atoms with van der Waals surface area (Å²) in [5, 5.41) is 0. The number of hydrogen-bond acceptors (Lipinski definition) is 3. The van der Waals surface area contributed by atoms with E-state index in [1.54, 1.807) is 0 Å². The number of thiol groups is 1. The molecule has 29 heavy (non-hydrogen) atoms. The number of unbranched alkanes of at least 4 members (excludes halogenated alkanes) is 17. The molecule has 0 rings (SSSR count). The third-order valence-electron chi connectivity index (χ3n) is 5.50. The van der Waals surface area contributed by atoms with Crippen molar-refractivity contribution in [3.05, 3.63) is 12.2 Å². The summed E-state index contributed by atoms with van der Waals surface area (Å²) in [4.78, 5) is 11.3. The first kappa shape index (κ1) is 28.6. The molecule has 0 N–H and O–H groups in total. The van der Waals surface area contributed by atoms with E-state index in [2.05, 4.69) is 31.7 Å². The van der Waals surface area contributed by atoms with Gasteiger partial charge in [-0.2, -0.15) is 12.6 Å². The topological polar surface area (TPSA) is 26.3 Å². The second-order valence-electron chi connectivity index (χ2n) is 8.40. The van der Waals surface area contributed by atoms with Crippen LogP contribution in [0.2, 0.25) is 0 Å². The van der Waals surface area contributed by atoms with Crippen LogP contribution in [0.3, 0.4) is 0 Å². The van der Waals surface area contributed by atoms with Crippen LogP contribution < -0.4 is 0 Å². The van der Waals surface area contributed by atoms with Crippen LogP contribution in [0, 0.1) is 0 Å². The van der Waals surface area contributed by atoms with Gasteiger partial charge in [0.05, 0.1) is 0 Å². The summed E-state index contributed by atoms with van der Waals surface area (Å²) in [6.07, 6.45) is 30.7. The molecule has 0 aliphatic rings. The van der Waals surface area contributed by atoms with Crippen LogP contribution >= 0.6 is 12.6 Å². The van der Waals surface area contributed by atoms with Crippen molar-refractivity contribution in [1.29, 1.82) is 0 Å². The van der Waals surface area contributed by atoms with E-state index >= 15 is 0 Å². The highest BCUT2D eigenvalue weighted by molar-refractivity contribution is 7.80. The van der Waals surface area contributed by atoms with Gasteiger partial charge in [0.1, 0.15) is 6.61 Å². The zero-order valence-electron chi connectivity index (χ0n) is 19.5. The number of esters is 1. The van der Waals surface area contributed by atoms with Crippen LogP contribution in [-0.4, -0.2) is 18.3 Å². The Morgan fingerprint density at radius 2 is 1.07 bits per heavy atom. The van der Waals surface area contributed by atoms with Gasteiger partial charge in [-0.3, -0.25) is 4.79 Å². The first-order valence-electron chi connectivity index (χ1n) is 12.7. The summed E-state index contributed by atoms with van der Waals surface area (Å²) in [5.74, 6) is 0.548. The van der Waals surface area contributed by atoms with Crippen LogP contribution in [0.5, 0.6) is 0 Å². The second kappa shape index (κ2) is 25.6. The third-order valence-corrected chi connectivity index (χ3v) is 5.68. The van der Waals surface area contributed by atoms with E-state index in [0.29, 0.717) is 18.8 Å². The van der Waals surface area contributed by atoms with Gasteiger partial charge in [-0.15, -0.1) is 0 Å². The Morgan fingerprint density at radius 1 is 0.655 bits per heavy atom. The van der Waals surface area contributed by atoms with E-state index in [9.17, 15) is 4.79 Å². The van der Waals surface area contributed by atoms with Crippen LogP contribution in [0.1, 0.15) is 135 Å². The van der Waals surface area contributed by atoms with Crippen molar-refractivity contribution < 1.29 is 9.53 Å². The van der Waals surface area contributed by atoms with E-state index in [0.717, 1.165) is 12.8 Å². The molecule has 172 valence electrons. The van der Waals surface area contributed by atoms with Gasteiger partial charge in [-0.1, -0.05) is 109 Å². The summed E-state index contributed by atoms with van der Waals surface area (Å²) in [7, 11) is 0. The van der Waals surface area contributed by atoms with Crippen molar-refractivity contribution in [2.75, 3.05) is 12.4 Å². The molecular weight excluding hydrogens is 376 g/mol. The zero-order chi connectivity index (χ0) is 21.3. The minimum atomic E-state index is -0.0640. The lowest BCUT2D eigenvalue weighted by Gasteiger charge is -2.03. The minimum absolute atomic E-state index is 0.0640. The SMILES string of the molecule is CCCCCCCCCCC=CCCCCCCCCCCCC(=O)OCCS. The number of hydrogen-bond donors (Lipinski definition) is 1. The monoisotopic (exact) mass is 426 g/mol. The molecule has 0 amide bonds. The number of rotatable bonds is 23. The molecule has 0 fully saturated rings. The Bertz CT molecular complexity index is 355. The Labute approximate surface area is 188 Å². The predicted molar refractivity (Wildman–Crippen MR) is 132 cm³/mol. The average Bonchev–Trinajstić information content (AvgIpc) is 2.73. The molecule has 0 aliphatic heterocycles. The van der Waals surface area contributed by atoms with Gasteiger partial charge in [0.2, 0.25) is 0 Å². The smallest absolute Gasteiger partial charge is 0.305 e. The fraction of sp³-hybridized carbons (Fsp3) is 0.885. The van der Waals surface area contributed by atoms with E-state index in [1.807, 2.05) is 0 Å². The van der Waals surface area contributed by atoms with Crippen LogP contribution in [-0.2, 0) is 9.53 Å². The van der Waals surface area contributed by atoms with Gasteiger partial charge in [-0.05, 0) is 32.1 Å². The summed E-state index contributed by atoms with van der Waals surface area (Å²) in [6, 6.07) is 0. The fourth-order valence-corrected chi connectivity index (χ4v) is 3.72. The lowest BCUT2D eigenvalue weighted by Crippen LogP contribution is -2.06. The zero-order valence-corrected chi connectivity index (χ0v) is 20.4. The standard InChI is InChI=1S/C26H50O2S/c1-2-3-4-5-6-7-8-9-10-11-12-13-14-15-16-17-18-19-20-21-22-23-26(27)28-24-25-29/h11-12,29H,2-10,13-25H2,1H3. The Hall–Kier alpha value is -0.440. The van der Waals surface area contributed by atoms with Gasteiger partial charge >= 0.3 is 5.97 Å². The van der Waals surface area contributed by atoms with Gasteiger partial charge < -0.3 is 4.74 Å². The largest absolute Gasteiger partial charge is 0.465 e. The molecule has 0 spiro atoms. The molecule has 0 saturated carbocycles. The maximum Gasteiger partial charge on any atom is 0.305 e. The number of allylic oxidation sites excluding steroid dienone is 2. The van der Waals surface area contributed by atoms with Crippen molar-refractivity contribution in [2.24, 2.45) is 0 Å².